The molecule has 0 atom stereocenters. The summed E-state index contributed by atoms with van der Waals surface area (Å²) in [5, 5.41) is -0.222. The third-order valence-electron chi connectivity index (χ3n) is 4.69. The fraction of sp³-hybridized carbons (Fsp3) is 0.238. The predicted molar refractivity (Wildman–Crippen MR) is 120 cm³/mol. The lowest BCUT2D eigenvalue weighted by atomic mass is 10.1. The number of morpholine rings is 1. The quantitative estimate of drug-likeness (QED) is 0.456. The van der Waals surface area contributed by atoms with Crippen LogP contribution in [0.15, 0.2) is 53.4 Å². The predicted octanol–water partition coefficient (Wildman–Crippen LogP) is 4.36. The average Bonchev–Trinajstić information content (AvgIpc) is 2.98. The highest BCUT2D eigenvalue weighted by Crippen LogP contribution is 2.33. The van der Waals surface area contributed by atoms with Gasteiger partial charge in [-0.3, -0.25) is 14.5 Å². The van der Waals surface area contributed by atoms with Crippen molar-refractivity contribution in [3.63, 3.8) is 0 Å². The van der Waals surface area contributed by atoms with Crippen molar-refractivity contribution >= 4 is 57.3 Å². The van der Waals surface area contributed by atoms with Crippen LogP contribution < -0.4 is 4.90 Å². The number of hydrogen-bond donors (Lipinski definition) is 0. The molecule has 2 aromatic rings. The third kappa shape index (κ3) is 4.42. The first-order valence-electron chi connectivity index (χ1n) is 9.03. The zero-order valence-corrected chi connectivity index (χ0v) is 18.1. The standard InChI is InChI=1S/C21H19IN2O3S/c22-17-5-1-16(2-6-17)14-24-20(25)19(28-21(24)26)13-15-3-7-18(8-4-15)23-9-11-27-12-10-23/h1-8,13H,9-12,14H2/b19-13-. The molecule has 0 bridgehead atoms. The van der Waals surface area contributed by atoms with Gasteiger partial charge in [0.15, 0.2) is 0 Å². The molecule has 28 heavy (non-hydrogen) atoms. The lowest BCUT2D eigenvalue weighted by molar-refractivity contribution is -0.123. The SMILES string of the molecule is O=C1S/C(=C\c2ccc(N3CCOCC3)cc2)C(=O)N1Cc1ccc(I)cc1. The van der Waals surface area contributed by atoms with Crippen molar-refractivity contribution in [1.82, 2.24) is 4.90 Å². The number of anilines is 1. The number of nitrogens with zero attached hydrogens (tertiary/aromatic N) is 2. The number of imide groups is 1. The molecule has 144 valence electrons. The van der Waals surface area contributed by atoms with Gasteiger partial charge < -0.3 is 9.64 Å². The summed E-state index contributed by atoms with van der Waals surface area (Å²) in [4.78, 5) is 29.1. The molecule has 0 aromatic heterocycles. The van der Waals surface area contributed by atoms with E-state index in [0.717, 1.165) is 58.4 Å². The molecule has 4 rings (SSSR count). The lowest BCUT2D eigenvalue weighted by Crippen LogP contribution is -2.36. The highest BCUT2D eigenvalue weighted by Gasteiger charge is 2.34. The summed E-state index contributed by atoms with van der Waals surface area (Å²) in [5.41, 5.74) is 3.00. The monoisotopic (exact) mass is 506 g/mol. The zero-order valence-electron chi connectivity index (χ0n) is 15.1. The summed E-state index contributed by atoms with van der Waals surface area (Å²) in [6.07, 6.45) is 1.79. The molecule has 2 saturated heterocycles. The molecule has 2 fully saturated rings. The van der Waals surface area contributed by atoms with E-state index in [2.05, 4.69) is 27.5 Å². The Morgan fingerprint density at radius 1 is 1.00 bits per heavy atom. The number of amides is 2. The van der Waals surface area contributed by atoms with E-state index in [9.17, 15) is 9.59 Å². The maximum absolute atomic E-state index is 12.7. The van der Waals surface area contributed by atoms with Gasteiger partial charge in [0.1, 0.15) is 0 Å². The molecule has 2 amide bonds. The molecule has 0 N–H and O–H groups in total. The van der Waals surface area contributed by atoms with Crippen LogP contribution in [0.3, 0.4) is 0 Å². The van der Waals surface area contributed by atoms with Crippen LogP contribution in [0.4, 0.5) is 10.5 Å². The smallest absolute Gasteiger partial charge is 0.293 e. The summed E-state index contributed by atoms with van der Waals surface area (Å²) in [7, 11) is 0. The fourth-order valence-electron chi connectivity index (χ4n) is 3.16. The van der Waals surface area contributed by atoms with Gasteiger partial charge in [0, 0.05) is 22.3 Å². The number of carbonyl (C=O) groups is 2. The Labute approximate surface area is 181 Å². The second-order valence-electron chi connectivity index (χ2n) is 6.59. The number of rotatable bonds is 4. The number of ether oxygens (including phenoxy) is 1. The molecule has 7 heteroatoms. The van der Waals surface area contributed by atoms with Crippen molar-refractivity contribution < 1.29 is 14.3 Å². The maximum atomic E-state index is 12.7. The molecular formula is C21H19IN2O3S. The molecule has 2 aliphatic rings. The lowest BCUT2D eigenvalue weighted by Gasteiger charge is -2.28. The van der Waals surface area contributed by atoms with Crippen LogP contribution in [0, 0.1) is 3.57 Å². The fourth-order valence-corrected chi connectivity index (χ4v) is 4.36. The first-order chi connectivity index (χ1) is 13.6. The van der Waals surface area contributed by atoms with Gasteiger partial charge in [-0.05, 0) is 75.8 Å². The minimum absolute atomic E-state index is 0.222. The summed E-state index contributed by atoms with van der Waals surface area (Å²) in [6, 6.07) is 15.9. The Morgan fingerprint density at radius 3 is 2.36 bits per heavy atom. The Kier molecular flexibility index (Phi) is 6.03. The third-order valence-corrected chi connectivity index (χ3v) is 6.32. The minimum atomic E-state index is -0.231. The number of hydrogen-bond acceptors (Lipinski definition) is 5. The molecule has 2 aromatic carbocycles. The average molecular weight is 506 g/mol. The Balaban J connectivity index is 1.46. The normalized spacial score (nSPS) is 19.0. The highest BCUT2D eigenvalue weighted by molar-refractivity contribution is 14.1. The Bertz CT molecular complexity index is 906. The molecule has 0 aliphatic carbocycles. The first kappa shape index (κ1) is 19.5. The van der Waals surface area contributed by atoms with Crippen molar-refractivity contribution in [2.24, 2.45) is 0 Å². The van der Waals surface area contributed by atoms with E-state index in [4.69, 9.17) is 4.74 Å². The molecular weight excluding hydrogens is 487 g/mol. The van der Waals surface area contributed by atoms with Gasteiger partial charge in [0.25, 0.3) is 11.1 Å². The van der Waals surface area contributed by atoms with Crippen LogP contribution in [0.1, 0.15) is 11.1 Å². The minimum Gasteiger partial charge on any atom is -0.378 e. The Morgan fingerprint density at radius 2 is 1.68 bits per heavy atom. The highest BCUT2D eigenvalue weighted by atomic mass is 127. The van der Waals surface area contributed by atoms with Gasteiger partial charge in [-0.1, -0.05) is 24.3 Å². The number of thioether (sulfide) groups is 1. The molecule has 0 radical (unpaired) electrons. The van der Waals surface area contributed by atoms with Gasteiger partial charge in [-0.25, -0.2) is 0 Å². The first-order valence-corrected chi connectivity index (χ1v) is 10.9. The molecule has 0 spiro atoms. The molecule has 0 unspecified atom stereocenters. The Hall–Kier alpha value is -1.84. The van der Waals surface area contributed by atoms with Crippen LogP contribution in [0.2, 0.25) is 0 Å². The van der Waals surface area contributed by atoms with E-state index >= 15 is 0 Å². The van der Waals surface area contributed by atoms with Crippen molar-refractivity contribution in [2.75, 3.05) is 31.2 Å². The maximum Gasteiger partial charge on any atom is 0.293 e. The molecule has 0 saturated carbocycles. The summed E-state index contributed by atoms with van der Waals surface area (Å²) < 4.78 is 6.51. The van der Waals surface area contributed by atoms with Crippen molar-refractivity contribution in [3.05, 3.63) is 68.1 Å². The van der Waals surface area contributed by atoms with Gasteiger partial charge in [-0.15, -0.1) is 0 Å². The second kappa shape index (κ2) is 8.67. The van der Waals surface area contributed by atoms with E-state index in [-0.39, 0.29) is 11.1 Å². The van der Waals surface area contributed by atoms with Crippen molar-refractivity contribution in [3.8, 4) is 0 Å². The molecule has 2 aliphatic heterocycles. The zero-order chi connectivity index (χ0) is 19.5. The van der Waals surface area contributed by atoms with Crippen LogP contribution in [-0.4, -0.2) is 42.3 Å². The van der Waals surface area contributed by atoms with Gasteiger partial charge in [0.05, 0.1) is 24.7 Å². The van der Waals surface area contributed by atoms with Gasteiger partial charge in [-0.2, -0.15) is 0 Å². The summed E-state index contributed by atoms with van der Waals surface area (Å²) in [5.74, 6) is -0.231. The van der Waals surface area contributed by atoms with E-state index < -0.39 is 0 Å². The van der Waals surface area contributed by atoms with Gasteiger partial charge in [0.2, 0.25) is 0 Å². The van der Waals surface area contributed by atoms with Crippen LogP contribution in [0.5, 0.6) is 0 Å². The summed E-state index contributed by atoms with van der Waals surface area (Å²) in [6.45, 7) is 3.56. The van der Waals surface area contributed by atoms with E-state index in [1.165, 1.54) is 4.90 Å². The van der Waals surface area contributed by atoms with Crippen molar-refractivity contribution in [1.29, 1.82) is 0 Å². The van der Waals surface area contributed by atoms with Gasteiger partial charge >= 0.3 is 0 Å². The number of benzene rings is 2. The largest absolute Gasteiger partial charge is 0.378 e. The topological polar surface area (TPSA) is 49.9 Å². The number of carbonyl (C=O) groups excluding carboxylic acids is 2. The number of halogens is 1. The van der Waals surface area contributed by atoms with Crippen molar-refractivity contribution in [2.45, 2.75) is 6.54 Å². The summed E-state index contributed by atoms with van der Waals surface area (Å²) >= 11 is 3.23. The molecule has 5 nitrogen and oxygen atoms in total. The van der Waals surface area contributed by atoms with E-state index in [1.807, 2.05) is 48.5 Å². The van der Waals surface area contributed by atoms with E-state index in [0.29, 0.717) is 11.4 Å². The van der Waals surface area contributed by atoms with Crippen LogP contribution in [0.25, 0.3) is 6.08 Å². The molecule has 2 heterocycles. The van der Waals surface area contributed by atoms with E-state index in [1.54, 1.807) is 6.08 Å². The van der Waals surface area contributed by atoms with Crippen LogP contribution in [-0.2, 0) is 16.1 Å². The second-order valence-corrected chi connectivity index (χ2v) is 8.82. The van der Waals surface area contributed by atoms with Crippen LogP contribution >= 0.6 is 34.4 Å².